The van der Waals surface area contributed by atoms with E-state index < -0.39 is 10.0 Å². The molecule has 0 amide bonds. The van der Waals surface area contributed by atoms with Gasteiger partial charge in [-0.2, -0.15) is 0 Å². The summed E-state index contributed by atoms with van der Waals surface area (Å²) in [4.78, 5) is 14.6. The Morgan fingerprint density at radius 2 is 1.60 bits per heavy atom. The molecule has 3 aliphatic heterocycles. The fourth-order valence-electron chi connectivity index (χ4n) is 6.79. The predicted octanol–water partition coefficient (Wildman–Crippen LogP) is 4.80. The molecule has 43 heavy (non-hydrogen) atoms. The molecule has 3 aliphatic rings. The van der Waals surface area contributed by atoms with E-state index in [0.717, 1.165) is 42.8 Å². The Morgan fingerprint density at radius 3 is 2.23 bits per heavy atom. The van der Waals surface area contributed by atoms with Gasteiger partial charge < -0.3 is 19.1 Å². The molecular formula is C34H40N2O6S. The number of anilines is 1. The van der Waals surface area contributed by atoms with Crippen molar-refractivity contribution in [2.24, 2.45) is 0 Å². The van der Waals surface area contributed by atoms with E-state index >= 15 is 0 Å². The Balaban J connectivity index is 1.06. The molecule has 0 N–H and O–H groups in total. The lowest BCUT2D eigenvalue weighted by Crippen LogP contribution is -2.48. The Hall–Kier alpha value is -3.40. The van der Waals surface area contributed by atoms with Crippen LogP contribution < -0.4 is 9.64 Å². The molecule has 6 rings (SSSR count). The number of piperidine rings is 1. The van der Waals surface area contributed by atoms with Crippen LogP contribution in [0.1, 0.15) is 48.4 Å². The maximum Gasteiger partial charge on any atom is 0.306 e. The first-order valence-electron chi connectivity index (χ1n) is 15.0. The number of carbonyl (C=O) groups is 1. The molecule has 228 valence electrons. The Labute approximate surface area is 254 Å². The molecule has 0 radical (unpaired) electrons. The van der Waals surface area contributed by atoms with Crippen LogP contribution in [0.2, 0.25) is 0 Å². The average Bonchev–Trinajstić information content (AvgIpc) is 3.27. The Morgan fingerprint density at radius 1 is 0.930 bits per heavy atom. The minimum atomic E-state index is -3.16. The summed E-state index contributed by atoms with van der Waals surface area (Å²) >= 11 is 0. The fraction of sp³-hybridized carbons (Fsp3) is 0.441. The first kappa shape index (κ1) is 29.7. The number of sulfonamides is 1. The number of esters is 1. The molecule has 2 fully saturated rings. The van der Waals surface area contributed by atoms with Crippen LogP contribution in [-0.2, 0) is 48.3 Å². The Bertz CT molecular complexity index is 1540. The van der Waals surface area contributed by atoms with E-state index in [0.29, 0.717) is 45.9 Å². The minimum absolute atomic E-state index is 0.00870. The van der Waals surface area contributed by atoms with Crippen LogP contribution in [0, 0.1) is 0 Å². The second-order valence-electron chi connectivity index (χ2n) is 12.2. The average molecular weight is 605 g/mol. The molecule has 1 spiro atoms. The highest BCUT2D eigenvalue weighted by Gasteiger charge is 2.45. The van der Waals surface area contributed by atoms with Gasteiger partial charge in [-0.1, -0.05) is 54.6 Å². The van der Waals surface area contributed by atoms with Gasteiger partial charge in [-0.25, -0.2) is 12.7 Å². The number of nitrogens with zero attached hydrogens (tertiary/aromatic N) is 2. The van der Waals surface area contributed by atoms with Gasteiger partial charge in [-0.3, -0.25) is 4.79 Å². The molecule has 3 aromatic rings. The van der Waals surface area contributed by atoms with Crippen molar-refractivity contribution in [2.75, 3.05) is 50.6 Å². The zero-order valence-corrected chi connectivity index (χ0v) is 25.8. The first-order valence-corrected chi connectivity index (χ1v) is 16.9. The van der Waals surface area contributed by atoms with Gasteiger partial charge in [0.25, 0.3) is 0 Å². The largest absolute Gasteiger partial charge is 0.489 e. The highest BCUT2D eigenvalue weighted by molar-refractivity contribution is 7.88. The molecule has 2 saturated heterocycles. The van der Waals surface area contributed by atoms with E-state index in [1.807, 2.05) is 31.2 Å². The number of carbonyl (C=O) groups excluding carboxylic acids is 1. The van der Waals surface area contributed by atoms with Gasteiger partial charge in [0.1, 0.15) is 12.4 Å². The lowest BCUT2D eigenvalue weighted by Gasteiger charge is -2.41. The molecular weight excluding hydrogens is 564 g/mol. The number of benzene rings is 3. The van der Waals surface area contributed by atoms with Gasteiger partial charge >= 0.3 is 5.97 Å². The zero-order chi connectivity index (χ0) is 30.1. The number of ether oxygens (including phenoxy) is 3. The number of rotatable bonds is 10. The molecule has 9 heteroatoms. The molecule has 0 saturated carbocycles. The second kappa shape index (κ2) is 11.9. The Kier molecular flexibility index (Phi) is 8.24. The minimum Gasteiger partial charge on any atom is -0.489 e. The fourth-order valence-corrected chi connectivity index (χ4v) is 7.63. The summed E-state index contributed by atoms with van der Waals surface area (Å²) < 4.78 is 42.5. The summed E-state index contributed by atoms with van der Waals surface area (Å²) in [6.07, 6.45) is 3.30. The molecule has 0 atom stereocenters. The number of para-hydroxylation sites is 1. The lowest BCUT2D eigenvalue weighted by atomic mass is 9.75. The normalized spacial score (nSPS) is 19.1. The van der Waals surface area contributed by atoms with E-state index in [9.17, 15) is 13.2 Å². The van der Waals surface area contributed by atoms with Crippen LogP contribution in [0.4, 0.5) is 5.69 Å². The van der Waals surface area contributed by atoms with Crippen LogP contribution in [0.5, 0.6) is 5.75 Å². The second-order valence-corrected chi connectivity index (χ2v) is 14.2. The maximum atomic E-state index is 12.1. The van der Waals surface area contributed by atoms with Crippen molar-refractivity contribution < 1.29 is 27.4 Å². The van der Waals surface area contributed by atoms with E-state index in [1.165, 1.54) is 23.1 Å². The highest BCUT2D eigenvalue weighted by Crippen LogP contribution is 2.47. The predicted molar refractivity (Wildman–Crippen MR) is 166 cm³/mol. The molecule has 8 nitrogen and oxygen atoms in total. The van der Waals surface area contributed by atoms with Crippen LogP contribution in [-0.4, -0.2) is 64.4 Å². The smallest absolute Gasteiger partial charge is 0.306 e. The summed E-state index contributed by atoms with van der Waals surface area (Å²) in [6.45, 7) is 6.54. The van der Waals surface area contributed by atoms with E-state index in [4.69, 9.17) is 14.2 Å². The summed E-state index contributed by atoms with van der Waals surface area (Å²) in [7, 11) is -3.16. The third kappa shape index (κ3) is 6.16. The third-order valence-corrected chi connectivity index (χ3v) is 10.6. The zero-order valence-electron chi connectivity index (χ0n) is 25.0. The van der Waals surface area contributed by atoms with Crippen molar-refractivity contribution in [3.05, 3.63) is 95.1 Å². The molecule has 0 aliphatic carbocycles. The summed E-state index contributed by atoms with van der Waals surface area (Å²) in [5.41, 5.74) is 5.65. The number of fused-ring (bicyclic) bond motifs is 2. The van der Waals surface area contributed by atoms with Gasteiger partial charge in [0, 0.05) is 37.3 Å². The van der Waals surface area contributed by atoms with Gasteiger partial charge in [-0.15, -0.1) is 0 Å². The molecule has 0 bridgehead atoms. The summed E-state index contributed by atoms with van der Waals surface area (Å²) in [5.74, 6) is 0.582. The van der Waals surface area contributed by atoms with Crippen molar-refractivity contribution >= 4 is 21.7 Å². The van der Waals surface area contributed by atoms with E-state index in [-0.39, 0.29) is 16.8 Å². The van der Waals surface area contributed by atoms with Crippen molar-refractivity contribution in [2.45, 2.75) is 50.2 Å². The van der Waals surface area contributed by atoms with Crippen molar-refractivity contribution in [3.8, 4) is 5.75 Å². The van der Waals surface area contributed by atoms with Crippen LogP contribution in [0.15, 0.2) is 72.8 Å². The number of hydrogen-bond donors (Lipinski definition) is 0. The first-order chi connectivity index (χ1) is 20.7. The van der Waals surface area contributed by atoms with Gasteiger partial charge in [0.2, 0.25) is 10.0 Å². The number of hydrogen-bond acceptors (Lipinski definition) is 7. The van der Waals surface area contributed by atoms with Crippen molar-refractivity contribution in [3.63, 3.8) is 0 Å². The molecule has 3 heterocycles. The topological polar surface area (TPSA) is 85.4 Å². The molecule has 0 unspecified atom stereocenters. The SMILES string of the molecule is CCOC(=O)CC1(c2ccc(OCc3ccc(CN4CC5(CCN(S(C)(=O)=O)CC5)c5ccccc54)cc3)cc2)COC1. The van der Waals surface area contributed by atoms with Crippen molar-refractivity contribution in [1.29, 1.82) is 0 Å². The quantitative estimate of drug-likeness (QED) is 0.308. The lowest BCUT2D eigenvalue weighted by molar-refractivity contribution is -0.151. The van der Waals surface area contributed by atoms with Gasteiger partial charge in [0.15, 0.2) is 0 Å². The highest BCUT2D eigenvalue weighted by atomic mass is 32.2. The monoisotopic (exact) mass is 604 g/mol. The van der Waals surface area contributed by atoms with Crippen molar-refractivity contribution in [1.82, 2.24) is 4.31 Å². The van der Waals surface area contributed by atoms with Crippen LogP contribution in [0.3, 0.4) is 0 Å². The molecule has 3 aromatic carbocycles. The maximum absolute atomic E-state index is 12.1. The summed E-state index contributed by atoms with van der Waals surface area (Å²) in [6, 6.07) is 25.1. The van der Waals surface area contributed by atoms with E-state index in [1.54, 1.807) is 4.31 Å². The van der Waals surface area contributed by atoms with Gasteiger partial charge in [0.05, 0.1) is 37.9 Å². The summed E-state index contributed by atoms with van der Waals surface area (Å²) in [5, 5.41) is 0. The standard InChI is InChI=1S/C34H40N2O6S/c1-3-41-32(37)20-34(24-40-25-34)28-12-14-29(15-13-28)42-22-27-10-8-26(9-11-27)21-35-23-33(30-6-4-5-7-31(30)35)16-18-36(19-17-33)43(2,38)39/h4-15H,3,16-25H2,1-2H3. The van der Waals surface area contributed by atoms with Crippen LogP contribution >= 0.6 is 0 Å². The molecule has 0 aromatic heterocycles. The van der Waals surface area contributed by atoms with E-state index in [2.05, 4.69) is 53.4 Å². The third-order valence-electron chi connectivity index (χ3n) is 9.27. The van der Waals surface area contributed by atoms with Crippen LogP contribution in [0.25, 0.3) is 0 Å². The van der Waals surface area contributed by atoms with Gasteiger partial charge in [-0.05, 0) is 60.2 Å².